The van der Waals surface area contributed by atoms with Crippen LogP contribution < -0.4 is 20.5 Å². The SMILES string of the molecule is CC(C)(C)OC(=O)N1CCC[C@@H](n2nc(-c3ccc(NC(=O)c4ccc(Cl)cc4)c4c3OCO4)c3c(N)ncnc32)C1. The van der Waals surface area contributed by atoms with Gasteiger partial charge in [0.05, 0.1) is 17.1 Å². The first-order valence-electron chi connectivity index (χ1n) is 13.6. The predicted octanol–water partition coefficient (Wildman–Crippen LogP) is 5.28. The Hall–Kier alpha value is -4.58. The molecule has 3 N–H and O–H groups in total. The van der Waals surface area contributed by atoms with Crippen molar-refractivity contribution in [2.75, 3.05) is 30.9 Å². The molecule has 0 saturated carbocycles. The molecule has 12 nitrogen and oxygen atoms in total. The molecule has 0 radical (unpaired) electrons. The number of nitrogens with two attached hydrogens (primary N) is 1. The standard InChI is InChI=1S/C29H30ClN7O5/c1-29(2,3)42-28(39)36-12-4-5-18(13-36)37-26-21(25(31)32-14-33-26)22(35-37)19-10-11-20(24-23(19)40-15-41-24)34-27(38)16-6-8-17(30)9-7-16/h6-11,14,18H,4-5,12-13,15H2,1-3H3,(H,34,38)(H2,31,32,33)/t18-/m1/s1. The number of likely N-dealkylation sites (tertiary alicyclic amines) is 1. The zero-order chi connectivity index (χ0) is 29.6. The molecule has 0 unspecified atom stereocenters. The highest BCUT2D eigenvalue weighted by Gasteiger charge is 2.33. The van der Waals surface area contributed by atoms with Gasteiger partial charge < -0.3 is 30.2 Å². The lowest BCUT2D eigenvalue weighted by Gasteiger charge is -2.34. The minimum atomic E-state index is -0.597. The number of ether oxygens (including phenoxy) is 3. The van der Waals surface area contributed by atoms with E-state index in [0.717, 1.165) is 12.8 Å². The summed E-state index contributed by atoms with van der Waals surface area (Å²) in [5.74, 6) is 0.726. The third-order valence-corrected chi connectivity index (χ3v) is 7.29. The number of carbonyl (C=O) groups is 2. The average molecular weight is 592 g/mol. The van der Waals surface area contributed by atoms with Gasteiger partial charge in [-0.05, 0) is 70.0 Å². The second-order valence-corrected chi connectivity index (χ2v) is 11.6. The number of hydrogen-bond acceptors (Lipinski definition) is 9. The zero-order valence-electron chi connectivity index (χ0n) is 23.4. The highest BCUT2D eigenvalue weighted by atomic mass is 35.5. The number of amides is 2. The van der Waals surface area contributed by atoms with E-state index in [2.05, 4.69) is 15.3 Å². The van der Waals surface area contributed by atoms with E-state index in [1.54, 1.807) is 46.0 Å². The van der Waals surface area contributed by atoms with E-state index in [4.69, 9.17) is 36.6 Å². The number of benzene rings is 2. The number of nitrogen functional groups attached to an aromatic ring is 1. The van der Waals surface area contributed by atoms with Crippen LogP contribution >= 0.6 is 11.6 Å². The Morgan fingerprint density at radius 1 is 1.10 bits per heavy atom. The van der Waals surface area contributed by atoms with Crippen LogP contribution in [0.2, 0.25) is 5.02 Å². The van der Waals surface area contributed by atoms with Crippen LogP contribution in [0.25, 0.3) is 22.3 Å². The lowest BCUT2D eigenvalue weighted by molar-refractivity contribution is 0.0169. The monoisotopic (exact) mass is 591 g/mol. The van der Waals surface area contributed by atoms with Gasteiger partial charge in [-0.1, -0.05) is 11.6 Å². The molecule has 218 valence electrons. The molecule has 0 aliphatic carbocycles. The molecule has 2 aliphatic rings. The highest BCUT2D eigenvalue weighted by Crippen LogP contribution is 2.48. The number of hydrogen-bond donors (Lipinski definition) is 2. The van der Waals surface area contributed by atoms with Crippen molar-refractivity contribution in [3.63, 3.8) is 0 Å². The van der Waals surface area contributed by atoms with Crippen LogP contribution in [-0.2, 0) is 4.74 Å². The van der Waals surface area contributed by atoms with Crippen molar-refractivity contribution < 1.29 is 23.8 Å². The molecule has 42 heavy (non-hydrogen) atoms. The van der Waals surface area contributed by atoms with Gasteiger partial charge in [0.15, 0.2) is 17.1 Å². The van der Waals surface area contributed by atoms with E-state index in [1.165, 1.54) is 6.33 Å². The zero-order valence-corrected chi connectivity index (χ0v) is 24.1. The number of piperidine rings is 1. The number of nitrogens with zero attached hydrogens (tertiary/aromatic N) is 5. The first-order chi connectivity index (χ1) is 20.1. The molecule has 1 atom stereocenters. The van der Waals surface area contributed by atoms with Gasteiger partial charge in [-0.25, -0.2) is 19.4 Å². The number of fused-ring (bicyclic) bond motifs is 2. The van der Waals surface area contributed by atoms with Crippen LogP contribution in [0.15, 0.2) is 42.7 Å². The smallest absolute Gasteiger partial charge is 0.410 e. The van der Waals surface area contributed by atoms with E-state index in [9.17, 15) is 9.59 Å². The summed E-state index contributed by atoms with van der Waals surface area (Å²) in [6.07, 6.45) is 2.59. The van der Waals surface area contributed by atoms with Gasteiger partial charge in [-0.15, -0.1) is 0 Å². The average Bonchev–Trinajstić information content (AvgIpc) is 3.60. The maximum Gasteiger partial charge on any atom is 0.410 e. The first kappa shape index (κ1) is 27.6. The van der Waals surface area contributed by atoms with Crippen LogP contribution in [0.4, 0.5) is 16.3 Å². The first-order valence-corrected chi connectivity index (χ1v) is 13.9. The summed E-state index contributed by atoms with van der Waals surface area (Å²) in [5, 5.41) is 8.93. The summed E-state index contributed by atoms with van der Waals surface area (Å²) in [6.45, 7) is 6.50. The molecule has 2 aromatic heterocycles. The third kappa shape index (κ3) is 5.25. The second-order valence-electron chi connectivity index (χ2n) is 11.2. The van der Waals surface area contributed by atoms with Crippen LogP contribution in [0.3, 0.4) is 0 Å². The van der Waals surface area contributed by atoms with Crippen molar-refractivity contribution in [1.29, 1.82) is 0 Å². The van der Waals surface area contributed by atoms with Gasteiger partial charge in [-0.3, -0.25) is 4.79 Å². The van der Waals surface area contributed by atoms with E-state index in [-0.39, 0.29) is 30.7 Å². The van der Waals surface area contributed by atoms with Crippen LogP contribution in [0.1, 0.15) is 50.0 Å². The molecule has 2 aromatic carbocycles. The fourth-order valence-corrected chi connectivity index (χ4v) is 5.29. The second kappa shape index (κ2) is 10.7. The summed E-state index contributed by atoms with van der Waals surface area (Å²) < 4.78 is 19.1. The number of carbonyl (C=O) groups excluding carboxylic acids is 2. The minimum absolute atomic E-state index is 0.0335. The van der Waals surface area contributed by atoms with Gasteiger partial charge in [0.1, 0.15) is 23.4 Å². The van der Waals surface area contributed by atoms with Crippen molar-refractivity contribution in [3.8, 4) is 22.8 Å². The molecule has 6 rings (SSSR count). The molecular weight excluding hydrogens is 562 g/mol. The predicted molar refractivity (Wildman–Crippen MR) is 157 cm³/mol. The molecule has 1 fully saturated rings. The summed E-state index contributed by atoms with van der Waals surface area (Å²) in [5.41, 5.74) is 8.32. The maximum absolute atomic E-state index is 12.9. The summed E-state index contributed by atoms with van der Waals surface area (Å²) in [6, 6.07) is 9.93. The topological polar surface area (TPSA) is 147 Å². The van der Waals surface area contributed by atoms with Crippen molar-refractivity contribution in [1.82, 2.24) is 24.6 Å². The lowest BCUT2D eigenvalue weighted by Crippen LogP contribution is -2.43. The Labute approximate surface area is 246 Å². The van der Waals surface area contributed by atoms with Gasteiger partial charge in [0.25, 0.3) is 5.91 Å². The number of halogens is 1. The third-order valence-electron chi connectivity index (χ3n) is 7.04. The number of rotatable bonds is 4. The Bertz CT molecular complexity index is 1680. The maximum atomic E-state index is 12.9. The van der Waals surface area contributed by atoms with Crippen molar-refractivity contribution in [2.45, 2.75) is 45.3 Å². The molecule has 4 aromatic rings. The van der Waals surface area contributed by atoms with Gasteiger partial charge in [-0.2, -0.15) is 5.10 Å². The van der Waals surface area contributed by atoms with Gasteiger partial charge in [0, 0.05) is 29.2 Å². The summed E-state index contributed by atoms with van der Waals surface area (Å²) in [4.78, 5) is 36.2. The lowest BCUT2D eigenvalue weighted by atomic mass is 10.1. The van der Waals surface area contributed by atoms with E-state index in [1.807, 2.05) is 20.8 Å². The molecule has 1 saturated heterocycles. The summed E-state index contributed by atoms with van der Waals surface area (Å²) >= 11 is 5.96. The number of nitrogens with one attached hydrogen (secondary N) is 1. The Balaban J connectivity index is 1.36. The quantitative estimate of drug-likeness (QED) is 0.323. The molecule has 2 aliphatic heterocycles. The Kier molecular flexibility index (Phi) is 7.01. The Morgan fingerprint density at radius 3 is 2.62 bits per heavy atom. The number of anilines is 2. The van der Waals surface area contributed by atoms with Crippen LogP contribution in [0.5, 0.6) is 11.5 Å². The van der Waals surface area contributed by atoms with E-state index < -0.39 is 5.60 Å². The highest BCUT2D eigenvalue weighted by molar-refractivity contribution is 6.30. The van der Waals surface area contributed by atoms with Crippen LogP contribution in [0, 0.1) is 0 Å². The number of aromatic nitrogens is 4. The van der Waals surface area contributed by atoms with Gasteiger partial charge in [0.2, 0.25) is 6.79 Å². The van der Waals surface area contributed by atoms with Crippen molar-refractivity contribution >= 4 is 46.1 Å². The van der Waals surface area contributed by atoms with Crippen molar-refractivity contribution in [3.05, 3.63) is 53.3 Å². The molecule has 2 amide bonds. The van der Waals surface area contributed by atoms with E-state index in [0.29, 0.717) is 63.2 Å². The molecule has 13 heteroatoms. The molecular formula is C29H30ClN7O5. The largest absolute Gasteiger partial charge is 0.453 e. The normalized spacial score (nSPS) is 16.5. The fourth-order valence-electron chi connectivity index (χ4n) is 5.16. The molecule has 0 spiro atoms. The Morgan fingerprint density at radius 2 is 1.86 bits per heavy atom. The van der Waals surface area contributed by atoms with Gasteiger partial charge >= 0.3 is 6.09 Å². The van der Waals surface area contributed by atoms with Crippen molar-refractivity contribution in [2.24, 2.45) is 0 Å². The molecule has 0 bridgehead atoms. The molecule has 4 heterocycles. The van der Waals surface area contributed by atoms with E-state index >= 15 is 0 Å². The minimum Gasteiger partial charge on any atom is -0.453 e. The van der Waals surface area contributed by atoms with Crippen LogP contribution in [-0.4, -0.2) is 62.1 Å². The fraction of sp³-hybridized carbons (Fsp3) is 0.345. The summed E-state index contributed by atoms with van der Waals surface area (Å²) in [7, 11) is 0.